The average Bonchev–Trinajstić information content (AvgIpc) is 2.64. The van der Waals surface area contributed by atoms with E-state index in [0.29, 0.717) is 5.69 Å². The van der Waals surface area contributed by atoms with E-state index in [1.165, 1.54) is 6.07 Å². The van der Waals surface area contributed by atoms with Crippen LogP contribution in [0.25, 0.3) is 22.3 Å². The van der Waals surface area contributed by atoms with Gasteiger partial charge in [-0.2, -0.15) is 0 Å². The monoisotopic (exact) mass is 336 g/mol. The Bertz CT molecular complexity index is 956. The Balaban J connectivity index is 2.06. The topological polar surface area (TPSA) is 80.9 Å². The second-order valence-electron chi connectivity index (χ2n) is 5.66. The predicted molar refractivity (Wildman–Crippen MR) is 95.4 cm³/mol. The number of aryl methyl sites for hydroxylation is 1. The van der Waals surface area contributed by atoms with Gasteiger partial charge in [-0.3, -0.25) is 14.8 Å². The fraction of sp³-hybridized carbons (Fsp3) is 0.105. The Labute approximate surface area is 144 Å². The van der Waals surface area contributed by atoms with Crippen molar-refractivity contribution in [3.8, 4) is 22.3 Å². The Morgan fingerprint density at radius 2 is 1.88 bits per heavy atom. The van der Waals surface area contributed by atoms with Crippen molar-refractivity contribution in [2.24, 2.45) is 0 Å². The van der Waals surface area contributed by atoms with Gasteiger partial charge in [0.05, 0.1) is 5.69 Å². The summed E-state index contributed by atoms with van der Waals surface area (Å²) in [5.41, 5.74) is 10.2. The van der Waals surface area contributed by atoms with Gasteiger partial charge in [-0.05, 0) is 53.9 Å². The van der Waals surface area contributed by atoms with E-state index < -0.39 is 5.82 Å². The van der Waals surface area contributed by atoms with Crippen LogP contribution in [0.3, 0.4) is 0 Å². The second-order valence-corrected chi connectivity index (χ2v) is 5.66. The summed E-state index contributed by atoms with van der Waals surface area (Å²) in [7, 11) is 1.56. The summed E-state index contributed by atoms with van der Waals surface area (Å²) < 4.78 is 13.6. The maximum atomic E-state index is 13.6. The third-order valence-corrected chi connectivity index (χ3v) is 3.95. The molecule has 0 aliphatic carbocycles. The van der Waals surface area contributed by atoms with Crippen molar-refractivity contribution in [1.29, 1.82) is 0 Å². The minimum Gasteiger partial charge on any atom is -0.396 e. The highest BCUT2D eigenvalue weighted by atomic mass is 19.1. The van der Waals surface area contributed by atoms with Crippen LogP contribution in [0.2, 0.25) is 0 Å². The SMILES string of the molecule is CNC(=O)c1cc(-c2cncc(-c3cc(N)c(F)cc3C)c2)ccn1. The smallest absolute Gasteiger partial charge is 0.269 e. The van der Waals surface area contributed by atoms with Gasteiger partial charge in [0, 0.05) is 36.8 Å². The Morgan fingerprint density at radius 1 is 1.12 bits per heavy atom. The molecule has 0 aliphatic rings. The van der Waals surface area contributed by atoms with E-state index in [9.17, 15) is 9.18 Å². The summed E-state index contributed by atoms with van der Waals surface area (Å²) in [6.45, 7) is 1.82. The highest BCUT2D eigenvalue weighted by Crippen LogP contribution is 2.30. The molecule has 3 rings (SSSR count). The molecule has 0 spiro atoms. The maximum Gasteiger partial charge on any atom is 0.269 e. The molecule has 3 N–H and O–H groups in total. The first kappa shape index (κ1) is 16.6. The van der Waals surface area contributed by atoms with E-state index in [0.717, 1.165) is 27.8 Å². The largest absolute Gasteiger partial charge is 0.396 e. The van der Waals surface area contributed by atoms with Crippen LogP contribution < -0.4 is 11.1 Å². The number of nitrogens with two attached hydrogens (primary N) is 1. The van der Waals surface area contributed by atoms with E-state index in [4.69, 9.17) is 5.73 Å². The van der Waals surface area contributed by atoms with Crippen LogP contribution in [-0.4, -0.2) is 22.9 Å². The average molecular weight is 336 g/mol. The molecular weight excluding hydrogens is 319 g/mol. The zero-order valence-electron chi connectivity index (χ0n) is 13.9. The molecular formula is C19H17FN4O. The Morgan fingerprint density at radius 3 is 2.64 bits per heavy atom. The first-order chi connectivity index (χ1) is 12.0. The van der Waals surface area contributed by atoms with Crippen LogP contribution in [0, 0.1) is 12.7 Å². The number of hydrogen-bond acceptors (Lipinski definition) is 4. The molecule has 0 aliphatic heterocycles. The number of hydrogen-bond donors (Lipinski definition) is 2. The number of nitrogens with zero attached hydrogens (tertiary/aromatic N) is 2. The summed E-state index contributed by atoms with van der Waals surface area (Å²) in [6, 6.07) is 8.45. The zero-order valence-corrected chi connectivity index (χ0v) is 13.9. The normalized spacial score (nSPS) is 10.5. The lowest BCUT2D eigenvalue weighted by Gasteiger charge is -2.10. The van der Waals surface area contributed by atoms with Gasteiger partial charge in [-0.15, -0.1) is 0 Å². The number of pyridine rings is 2. The van der Waals surface area contributed by atoms with Crippen molar-refractivity contribution in [3.05, 3.63) is 66.0 Å². The summed E-state index contributed by atoms with van der Waals surface area (Å²) in [6.07, 6.45) is 4.98. The molecule has 25 heavy (non-hydrogen) atoms. The number of nitrogen functional groups attached to an aromatic ring is 1. The molecule has 2 aromatic heterocycles. The fourth-order valence-corrected chi connectivity index (χ4v) is 2.61. The van der Waals surface area contributed by atoms with Crippen LogP contribution in [0.15, 0.2) is 48.9 Å². The highest BCUT2D eigenvalue weighted by Gasteiger charge is 2.10. The summed E-state index contributed by atoms with van der Waals surface area (Å²) >= 11 is 0. The van der Waals surface area contributed by atoms with E-state index in [1.807, 2.05) is 13.0 Å². The third kappa shape index (κ3) is 3.33. The van der Waals surface area contributed by atoms with Crippen molar-refractivity contribution in [2.45, 2.75) is 6.92 Å². The first-order valence-corrected chi connectivity index (χ1v) is 7.69. The number of amides is 1. The van der Waals surface area contributed by atoms with Crippen LogP contribution in [0.1, 0.15) is 16.1 Å². The van der Waals surface area contributed by atoms with Crippen LogP contribution >= 0.6 is 0 Å². The predicted octanol–water partition coefficient (Wildman–Crippen LogP) is 3.20. The van der Waals surface area contributed by atoms with Gasteiger partial charge in [0.25, 0.3) is 5.91 Å². The molecule has 0 saturated carbocycles. The lowest BCUT2D eigenvalue weighted by Crippen LogP contribution is -2.19. The first-order valence-electron chi connectivity index (χ1n) is 7.69. The highest BCUT2D eigenvalue weighted by molar-refractivity contribution is 5.93. The lowest BCUT2D eigenvalue weighted by molar-refractivity contribution is 0.0958. The maximum absolute atomic E-state index is 13.6. The van der Waals surface area contributed by atoms with Gasteiger partial charge in [0.15, 0.2) is 0 Å². The van der Waals surface area contributed by atoms with Gasteiger partial charge >= 0.3 is 0 Å². The van der Waals surface area contributed by atoms with E-state index in [2.05, 4.69) is 15.3 Å². The molecule has 1 amide bonds. The van der Waals surface area contributed by atoms with Crippen molar-refractivity contribution in [3.63, 3.8) is 0 Å². The third-order valence-electron chi connectivity index (χ3n) is 3.95. The van der Waals surface area contributed by atoms with Gasteiger partial charge < -0.3 is 11.1 Å². The molecule has 126 valence electrons. The molecule has 0 radical (unpaired) electrons. The number of anilines is 1. The number of halogens is 1. The minimum atomic E-state index is -0.435. The second kappa shape index (κ2) is 6.68. The number of carbonyl (C=O) groups excluding carboxylic acids is 1. The summed E-state index contributed by atoms with van der Waals surface area (Å²) in [5, 5.41) is 2.55. The standard InChI is InChI=1S/C19H17FN4O/c1-11-5-16(20)17(21)8-15(11)14-6-13(9-23-10-14)12-3-4-24-18(7-12)19(25)22-2/h3-10H,21H2,1-2H3,(H,22,25). The van der Waals surface area contributed by atoms with Gasteiger partial charge in [0.1, 0.15) is 11.5 Å². The Hall–Kier alpha value is -3.28. The zero-order chi connectivity index (χ0) is 18.0. The Kier molecular flexibility index (Phi) is 4.43. The van der Waals surface area contributed by atoms with Crippen molar-refractivity contribution in [2.75, 3.05) is 12.8 Å². The molecule has 1 aromatic carbocycles. The van der Waals surface area contributed by atoms with E-state index in [-0.39, 0.29) is 11.6 Å². The quantitative estimate of drug-likeness (QED) is 0.720. The molecule has 0 saturated heterocycles. The molecule has 3 aromatic rings. The molecule has 0 fully saturated rings. The summed E-state index contributed by atoms with van der Waals surface area (Å²) in [4.78, 5) is 20.1. The van der Waals surface area contributed by atoms with E-state index >= 15 is 0 Å². The molecule has 0 atom stereocenters. The fourth-order valence-electron chi connectivity index (χ4n) is 2.61. The minimum absolute atomic E-state index is 0.0943. The number of benzene rings is 1. The number of carbonyl (C=O) groups is 1. The molecule has 2 heterocycles. The molecule has 6 heteroatoms. The molecule has 0 bridgehead atoms. The van der Waals surface area contributed by atoms with Crippen LogP contribution in [0.5, 0.6) is 0 Å². The van der Waals surface area contributed by atoms with Crippen LogP contribution in [-0.2, 0) is 0 Å². The summed E-state index contributed by atoms with van der Waals surface area (Å²) in [5.74, 6) is -0.692. The molecule has 0 unspecified atom stereocenters. The lowest BCUT2D eigenvalue weighted by atomic mass is 9.98. The van der Waals surface area contributed by atoms with Crippen molar-refractivity contribution in [1.82, 2.24) is 15.3 Å². The van der Waals surface area contributed by atoms with Crippen LogP contribution in [0.4, 0.5) is 10.1 Å². The van der Waals surface area contributed by atoms with E-state index in [1.54, 1.807) is 43.8 Å². The molecule has 5 nitrogen and oxygen atoms in total. The number of rotatable bonds is 3. The van der Waals surface area contributed by atoms with Crippen molar-refractivity contribution >= 4 is 11.6 Å². The number of nitrogens with one attached hydrogen (secondary N) is 1. The number of aromatic nitrogens is 2. The van der Waals surface area contributed by atoms with Gasteiger partial charge in [-0.1, -0.05) is 0 Å². The van der Waals surface area contributed by atoms with Crippen molar-refractivity contribution < 1.29 is 9.18 Å². The van der Waals surface area contributed by atoms with Gasteiger partial charge in [-0.25, -0.2) is 4.39 Å². The van der Waals surface area contributed by atoms with Gasteiger partial charge in [0.2, 0.25) is 0 Å².